The first-order valence-corrected chi connectivity index (χ1v) is 12.0. The summed E-state index contributed by atoms with van der Waals surface area (Å²) >= 11 is 1.80. The molecule has 168 valence electrons. The van der Waals surface area contributed by atoms with Crippen LogP contribution in [0.3, 0.4) is 0 Å². The van der Waals surface area contributed by atoms with E-state index in [4.69, 9.17) is 14.5 Å². The molecule has 5 rings (SSSR count). The number of carbonyl (C=O) groups excluding carboxylic acids is 1. The van der Waals surface area contributed by atoms with Gasteiger partial charge in [-0.2, -0.15) is 0 Å². The van der Waals surface area contributed by atoms with Crippen molar-refractivity contribution in [3.05, 3.63) is 42.5 Å². The second kappa shape index (κ2) is 9.03. The number of rotatable bonds is 6. The fourth-order valence-electron chi connectivity index (χ4n) is 4.25. The number of piperidine rings is 1. The third kappa shape index (κ3) is 4.42. The molecule has 0 aliphatic carbocycles. The van der Waals surface area contributed by atoms with E-state index in [9.17, 15) is 4.79 Å². The van der Waals surface area contributed by atoms with Crippen molar-refractivity contribution in [1.82, 2.24) is 14.5 Å². The zero-order valence-corrected chi connectivity index (χ0v) is 19.2. The predicted octanol–water partition coefficient (Wildman–Crippen LogP) is 4.57. The summed E-state index contributed by atoms with van der Waals surface area (Å²) in [7, 11) is 0. The number of carbonyl (C=O) groups is 1. The summed E-state index contributed by atoms with van der Waals surface area (Å²) in [6.07, 6.45) is 1.69. The number of amides is 1. The Hall–Kier alpha value is -2.71. The molecule has 32 heavy (non-hydrogen) atoms. The Labute approximate surface area is 192 Å². The van der Waals surface area contributed by atoms with Gasteiger partial charge in [0.2, 0.25) is 12.7 Å². The number of fused-ring (bicyclic) bond motifs is 2. The molecular formula is C24H28N4O3S. The Bertz CT molecular complexity index is 1120. The van der Waals surface area contributed by atoms with Gasteiger partial charge in [-0.25, -0.2) is 4.98 Å². The highest BCUT2D eigenvalue weighted by Gasteiger charge is 2.26. The maximum Gasteiger partial charge on any atom is 0.231 e. The van der Waals surface area contributed by atoms with Crippen molar-refractivity contribution < 1.29 is 14.3 Å². The van der Waals surface area contributed by atoms with Gasteiger partial charge >= 0.3 is 0 Å². The zero-order valence-electron chi connectivity index (χ0n) is 18.4. The molecule has 1 saturated heterocycles. The van der Waals surface area contributed by atoms with Crippen LogP contribution in [0.2, 0.25) is 0 Å². The van der Waals surface area contributed by atoms with Gasteiger partial charge in [0.15, 0.2) is 16.7 Å². The number of likely N-dealkylation sites (tertiary alicyclic amines) is 1. The number of nitrogens with zero attached hydrogens (tertiary/aromatic N) is 3. The largest absolute Gasteiger partial charge is 0.454 e. The van der Waals surface area contributed by atoms with Crippen molar-refractivity contribution in [2.75, 3.05) is 25.2 Å². The van der Waals surface area contributed by atoms with E-state index in [-0.39, 0.29) is 18.6 Å². The van der Waals surface area contributed by atoms with E-state index in [0.29, 0.717) is 11.0 Å². The summed E-state index contributed by atoms with van der Waals surface area (Å²) in [5, 5.41) is 4.57. The van der Waals surface area contributed by atoms with Gasteiger partial charge in [0.25, 0.3) is 0 Å². The van der Waals surface area contributed by atoms with Crippen LogP contribution in [0.4, 0.5) is 5.69 Å². The third-order valence-electron chi connectivity index (χ3n) is 5.90. The second-order valence-corrected chi connectivity index (χ2v) is 10.1. The number of thioether (sulfide) groups is 1. The number of hydrogen-bond acceptors (Lipinski definition) is 6. The highest BCUT2D eigenvalue weighted by atomic mass is 32.2. The predicted molar refractivity (Wildman–Crippen MR) is 126 cm³/mol. The van der Waals surface area contributed by atoms with E-state index < -0.39 is 0 Å². The molecule has 0 radical (unpaired) electrons. The van der Waals surface area contributed by atoms with Crippen molar-refractivity contribution >= 4 is 34.4 Å². The summed E-state index contributed by atoms with van der Waals surface area (Å²) < 4.78 is 13.1. The number of anilines is 1. The van der Waals surface area contributed by atoms with Crippen LogP contribution < -0.4 is 14.8 Å². The molecule has 2 aromatic carbocycles. The van der Waals surface area contributed by atoms with Gasteiger partial charge in [-0.3, -0.25) is 9.69 Å². The second-order valence-electron chi connectivity index (χ2n) is 8.57. The van der Waals surface area contributed by atoms with Gasteiger partial charge in [0.1, 0.15) is 0 Å². The zero-order chi connectivity index (χ0) is 22.1. The molecule has 1 amide bonds. The Morgan fingerprint density at radius 2 is 1.94 bits per heavy atom. The number of para-hydroxylation sites is 2. The lowest BCUT2D eigenvalue weighted by Gasteiger charge is -2.32. The average Bonchev–Trinajstić information content (AvgIpc) is 3.38. The average molecular weight is 453 g/mol. The molecule has 0 saturated carbocycles. The normalized spacial score (nSPS) is 16.7. The Kier molecular flexibility index (Phi) is 5.97. The monoisotopic (exact) mass is 452 g/mol. The van der Waals surface area contributed by atoms with Crippen LogP contribution in [0.1, 0.15) is 26.7 Å². The van der Waals surface area contributed by atoms with Crippen molar-refractivity contribution in [2.24, 2.45) is 5.92 Å². The molecule has 2 aliphatic heterocycles. The molecule has 1 N–H and O–H groups in total. The SMILES string of the molecule is CC(C)Sc1nc2ccccc2n1CN1CCC(C(=O)Nc2ccc3c(c2)OCO3)CC1. The number of ether oxygens (including phenoxy) is 2. The molecule has 1 fully saturated rings. The van der Waals surface area contributed by atoms with E-state index in [2.05, 4.69) is 46.8 Å². The summed E-state index contributed by atoms with van der Waals surface area (Å²) in [6, 6.07) is 13.8. The van der Waals surface area contributed by atoms with E-state index in [0.717, 1.165) is 54.7 Å². The van der Waals surface area contributed by atoms with E-state index in [1.165, 1.54) is 5.52 Å². The highest BCUT2D eigenvalue weighted by molar-refractivity contribution is 7.99. The molecule has 3 heterocycles. The number of nitrogens with one attached hydrogen (secondary N) is 1. The quantitative estimate of drug-likeness (QED) is 0.553. The van der Waals surface area contributed by atoms with Crippen LogP contribution in [0.5, 0.6) is 11.5 Å². The molecule has 3 aromatic rings. The number of hydrogen-bond donors (Lipinski definition) is 1. The molecule has 0 spiro atoms. The lowest BCUT2D eigenvalue weighted by atomic mass is 9.96. The van der Waals surface area contributed by atoms with Crippen molar-refractivity contribution in [1.29, 1.82) is 0 Å². The van der Waals surface area contributed by atoms with Gasteiger partial charge in [0, 0.05) is 36.0 Å². The molecule has 0 unspecified atom stereocenters. The van der Waals surface area contributed by atoms with Crippen molar-refractivity contribution in [3.8, 4) is 11.5 Å². The Morgan fingerprint density at radius 3 is 2.75 bits per heavy atom. The highest BCUT2D eigenvalue weighted by Crippen LogP contribution is 2.34. The maximum absolute atomic E-state index is 12.8. The smallest absolute Gasteiger partial charge is 0.231 e. The number of benzene rings is 2. The minimum absolute atomic E-state index is 0.0145. The molecule has 2 aliphatic rings. The summed E-state index contributed by atoms with van der Waals surface area (Å²) in [4.78, 5) is 20.1. The standard InChI is InChI=1S/C24H28N4O3S/c1-16(2)32-24-26-19-5-3-4-6-20(19)28(24)14-27-11-9-17(10-12-27)23(29)25-18-7-8-21-22(13-18)31-15-30-21/h3-8,13,16-17H,9-12,14-15H2,1-2H3,(H,25,29). The van der Waals surface area contributed by atoms with E-state index in [1.807, 2.05) is 24.3 Å². The number of imidazole rings is 1. The summed E-state index contributed by atoms with van der Waals surface area (Å²) in [5.74, 6) is 1.49. The van der Waals surface area contributed by atoms with Crippen LogP contribution in [0, 0.1) is 5.92 Å². The molecule has 0 atom stereocenters. The Balaban J connectivity index is 1.21. The molecule has 0 bridgehead atoms. The van der Waals surface area contributed by atoms with Gasteiger partial charge in [-0.05, 0) is 37.1 Å². The first-order chi connectivity index (χ1) is 15.6. The van der Waals surface area contributed by atoms with Crippen LogP contribution in [0.25, 0.3) is 11.0 Å². The first kappa shape index (κ1) is 21.2. The van der Waals surface area contributed by atoms with Crippen LogP contribution >= 0.6 is 11.8 Å². The van der Waals surface area contributed by atoms with Gasteiger partial charge in [-0.15, -0.1) is 0 Å². The van der Waals surface area contributed by atoms with Crippen LogP contribution in [-0.4, -0.2) is 45.5 Å². The molecule has 1 aromatic heterocycles. The summed E-state index contributed by atoms with van der Waals surface area (Å²) in [6.45, 7) is 7.19. The number of aromatic nitrogens is 2. The lowest BCUT2D eigenvalue weighted by Crippen LogP contribution is -2.39. The third-order valence-corrected chi connectivity index (χ3v) is 6.89. The van der Waals surface area contributed by atoms with E-state index >= 15 is 0 Å². The van der Waals surface area contributed by atoms with Gasteiger partial charge < -0.3 is 19.4 Å². The van der Waals surface area contributed by atoms with E-state index in [1.54, 1.807) is 11.8 Å². The lowest BCUT2D eigenvalue weighted by molar-refractivity contribution is -0.121. The van der Waals surface area contributed by atoms with Crippen molar-refractivity contribution in [2.45, 2.75) is 43.8 Å². The first-order valence-electron chi connectivity index (χ1n) is 11.1. The van der Waals surface area contributed by atoms with Gasteiger partial charge in [0.05, 0.1) is 17.7 Å². The van der Waals surface area contributed by atoms with Crippen LogP contribution in [-0.2, 0) is 11.5 Å². The Morgan fingerprint density at radius 1 is 1.16 bits per heavy atom. The summed E-state index contributed by atoms with van der Waals surface area (Å²) in [5.41, 5.74) is 2.95. The van der Waals surface area contributed by atoms with Gasteiger partial charge in [-0.1, -0.05) is 37.7 Å². The topological polar surface area (TPSA) is 68.6 Å². The molecular weight excluding hydrogens is 424 g/mol. The maximum atomic E-state index is 12.8. The molecule has 7 nitrogen and oxygen atoms in total. The fraction of sp³-hybridized carbons (Fsp3) is 0.417. The fourth-order valence-corrected chi connectivity index (χ4v) is 5.10. The van der Waals surface area contributed by atoms with Crippen LogP contribution in [0.15, 0.2) is 47.6 Å². The minimum atomic E-state index is 0.0145. The minimum Gasteiger partial charge on any atom is -0.454 e. The van der Waals surface area contributed by atoms with Crippen molar-refractivity contribution in [3.63, 3.8) is 0 Å². The molecule has 8 heteroatoms.